The second-order valence-corrected chi connectivity index (χ2v) is 5.02. The van der Waals surface area contributed by atoms with E-state index in [1.165, 1.54) is 6.42 Å². The first kappa shape index (κ1) is 11.7. The third-order valence-corrected chi connectivity index (χ3v) is 3.58. The van der Waals surface area contributed by atoms with E-state index in [1.807, 2.05) is 13.0 Å². The maximum absolute atomic E-state index is 5.87. The first-order chi connectivity index (χ1) is 8.81. The van der Waals surface area contributed by atoms with Gasteiger partial charge in [-0.05, 0) is 26.2 Å². The molecule has 1 aromatic rings. The summed E-state index contributed by atoms with van der Waals surface area (Å²) in [6, 6.07) is 1.98. The van der Waals surface area contributed by atoms with Crippen molar-refractivity contribution in [1.29, 1.82) is 0 Å². The van der Waals surface area contributed by atoms with Gasteiger partial charge in [-0.2, -0.15) is 4.98 Å². The van der Waals surface area contributed by atoms with Crippen molar-refractivity contribution in [2.24, 2.45) is 0 Å². The molecule has 0 amide bonds. The van der Waals surface area contributed by atoms with E-state index in [2.05, 4.69) is 20.2 Å². The Kier molecular flexibility index (Phi) is 3.32. The lowest BCUT2D eigenvalue weighted by atomic mass is 9.96. The number of nitrogens with zero attached hydrogens (tertiary/aromatic N) is 3. The molecule has 0 unspecified atom stereocenters. The van der Waals surface area contributed by atoms with Crippen LogP contribution in [0.5, 0.6) is 5.88 Å². The Hall–Kier alpha value is -1.36. The van der Waals surface area contributed by atoms with Gasteiger partial charge in [-0.1, -0.05) is 0 Å². The molecule has 1 aliphatic carbocycles. The van der Waals surface area contributed by atoms with Gasteiger partial charge in [0.15, 0.2) is 0 Å². The largest absolute Gasteiger partial charge is 0.474 e. The molecule has 1 saturated heterocycles. The van der Waals surface area contributed by atoms with E-state index in [-0.39, 0.29) is 0 Å². The van der Waals surface area contributed by atoms with Crippen molar-refractivity contribution < 1.29 is 4.74 Å². The summed E-state index contributed by atoms with van der Waals surface area (Å²) in [6.45, 7) is 5.96. The normalized spacial score (nSPS) is 20.6. The van der Waals surface area contributed by atoms with Crippen molar-refractivity contribution in [3.8, 4) is 5.88 Å². The summed E-state index contributed by atoms with van der Waals surface area (Å²) in [6.07, 6.45) is 3.97. The van der Waals surface area contributed by atoms with Gasteiger partial charge in [0.1, 0.15) is 17.7 Å². The lowest BCUT2D eigenvalue weighted by molar-refractivity contribution is 0.114. The Balaban J connectivity index is 1.75. The quantitative estimate of drug-likeness (QED) is 0.869. The summed E-state index contributed by atoms with van der Waals surface area (Å²) in [7, 11) is 0. The molecule has 5 heteroatoms. The van der Waals surface area contributed by atoms with Gasteiger partial charge in [0, 0.05) is 32.2 Å². The van der Waals surface area contributed by atoms with Crippen LogP contribution in [-0.4, -0.2) is 42.3 Å². The molecule has 2 fully saturated rings. The molecule has 18 heavy (non-hydrogen) atoms. The molecule has 1 N–H and O–H groups in total. The minimum absolute atomic E-state index is 0.371. The van der Waals surface area contributed by atoms with Crippen LogP contribution in [0.2, 0.25) is 0 Å². The molecule has 3 rings (SSSR count). The van der Waals surface area contributed by atoms with Crippen LogP contribution in [0, 0.1) is 6.92 Å². The summed E-state index contributed by atoms with van der Waals surface area (Å²) in [4.78, 5) is 11.2. The third-order valence-electron chi connectivity index (χ3n) is 3.58. The fourth-order valence-electron chi connectivity index (χ4n) is 2.30. The number of ether oxygens (including phenoxy) is 1. The van der Waals surface area contributed by atoms with Crippen LogP contribution in [-0.2, 0) is 0 Å². The van der Waals surface area contributed by atoms with E-state index < -0.39 is 0 Å². The average Bonchev–Trinajstić information content (AvgIpc) is 2.34. The zero-order valence-electron chi connectivity index (χ0n) is 10.9. The Morgan fingerprint density at radius 3 is 2.72 bits per heavy atom. The minimum Gasteiger partial charge on any atom is -0.474 e. The molecule has 2 aliphatic rings. The van der Waals surface area contributed by atoms with Gasteiger partial charge in [0.25, 0.3) is 0 Å². The van der Waals surface area contributed by atoms with Gasteiger partial charge in [-0.3, -0.25) is 0 Å². The van der Waals surface area contributed by atoms with Crippen LogP contribution < -0.4 is 15.0 Å². The molecule has 1 aliphatic heterocycles. The van der Waals surface area contributed by atoms with Crippen molar-refractivity contribution in [2.75, 3.05) is 31.1 Å². The van der Waals surface area contributed by atoms with Crippen molar-refractivity contribution in [3.63, 3.8) is 0 Å². The van der Waals surface area contributed by atoms with E-state index in [4.69, 9.17) is 4.74 Å². The van der Waals surface area contributed by atoms with Gasteiger partial charge >= 0.3 is 0 Å². The molecular weight excluding hydrogens is 228 g/mol. The Morgan fingerprint density at radius 1 is 1.28 bits per heavy atom. The highest BCUT2D eigenvalue weighted by Crippen LogP contribution is 2.26. The van der Waals surface area contributed by atoms with Gasteiger partial charge < -0.3 is 15.0 Å². The Labute approximate surface area is 108 Å². The Bertz CT molecular complexity index is 413. The predicted octanol–water partition coefficient (Wildman–Crippen LogP) is 1.13. The summed E-state index contributed by atoms with van der Waals surface area (Å²) < 4.78 is 5.87. The first-order valence-corrected chi connectivity index (χ1v) is 6.79. The van der Waals surface area contributed by atoms with E-state index in [0.717, 1.165) is 56.5 Å². The van der Waals surface area contributed by atoms with Crippen LogP contribution in [0.4, 0.5) is 5.82 Å². The lowest BCUT2D eigenvalue weighted by Gasteiger charge is -2.29. The standard InChI is InChI=1S/C13H20N4O/c1-10-15-12(17-7-5-14-6-8-17)9-13(16-10)18-11-3-2-4-11/h9,11,14H,2-8H2,1H3. The monoisotopic (exact) mass is 248 g/mol. The molecule has 2 heterocycles. The second-order valence-electron chi connectivity index (χ2n) is 5.02. The molecule has 0 bridgehead atoms. The van der Waals surface area contributed by atoms with E-state index in [0.29, 0.717) is 6.10 Å². The highest BCUT2D eigenvalue weighted by Gasteiger charge is 2.21. The highest BCUT2D eigenvalue weighted by atomic mass is 16.5. The second kappa shape index (κ2) is 5.10. The molecule has 98 valence electrons. The van der Waals surface area contributed by atoms with Crippen molar-refractivity contribution in [2.45, 2.75) is 32.3 Å². The molecule has 1 saturated carbocycles. The fourth-order valence-corrected chi connectivity index (χ4v) is 2.30. The van der Waals surface area contributed by atoms with Crippen molar-refractivity contribution >= 4 is 5.82 Å². The number of nitrogens with one attached hydrogen (secondary N) is 1. The van der Waals surface area contributed by atoms with Crippen molar-refractivity contribution in [3.05, 3.63) is 11.9 Å². The van der Waals surface area contributed by atoms with Crippen molar-refractivity contribution in [1.82, 2.24) is 15.3 Å². The molecule has 5 nitrogen and oxygen atoms in total. The molecular formula is C13H20N4O. The van der Waals surface area contributed by atoms with Crippen LogP contribution in [0.3, 0.4) is 0 Å². The number of anilines is 1. The van der Waals surface area contributed by atoms with Gasteiger partial charge in [0.05, 0.1) is 0 Å². The number of hydrogen-bond acceptors (Lipinski definition) is 5. The van der Waals surface area contributed by atoms with E-state index in [1.54, 1.807) is 0 Å². The molecule has 1 aromatic heterocycles. The lowest BCUT2D eigenvalue weighted by Crippen LogP contribution is -2.44. The van der Waals surface area contributed by atoms with Crippen LogP contribution in [0.1, 0.15) is 25.1 Å². The number of hydrogen-bond donors (Lipinski definition) is 1. The van der Waals surface area contributed by atoms with E-state index in [9.17, 15) is 0 Å². The number of aromatic nitrogens is 2. The zero-order valence-corrected chi connectivity index (χ0v) is 10.9. The number of rotatable bonds is 3. The topological polar surface area (TPSA) is 50.3 Å². The third kappa shape index (κ3) is 2.56. The molecule has 0 radical (unpaired) electrons. The highest BCUT2D eigenvalue weighted by molar-refractivity contribution is 5.42. The van der Waals surface area contributed by atoms with E-state index >= 15 is 0 Å². The summed E-state index contributed by atoms with van der Waals surface area (Å²) in [5.74, 6) is 2.53. The van der Waals surface area contributed by atoms with Gasteiger partial charge in [-0.25, -0.2) is 4.98 Å². The Morgan fingerprint density at radius 2 is 2.06 bits per heavy atom. The summed E-state index contributed by atoms with van der Waals surface area (Å²) in [5, 5.41) is 3.35. The minimum atomic E-state index is 0.371. The SMILES string of the molecule is Cc1nc(OC2CCC2)cc(N2CCNCC2)n1. The first-order valence-electron chi connectivity index (χ1n) is 6.79. The van der Waals surface area contributed by atoms with Gasteiger partial charge in [0.2, 0.25) is 5.88 Å². The average molecular weight is 248 g/mol. The maximum Gasteiger partial charge on any atom is 0.218 e. The van der Waals surface area contributed by atoms with Crippen LogP contribution in [0.25, 0.3) is 0 Å². The van der Waals surface area contributed by atoms with Gasteiger partial charge in [-0.15, -0.1) is 0 Å². The number of aryl methyl sites for hydroxylation is 1. The fraction of sp³-hybridized carbons (Fsp3) is 0.692. The summed E-state index contributed by atoms with van der Waals surface area (Å²) in [5.41, 5.74) is 0. The summed E-state index contributed by atoms with van der Waals surface area (Å²) >= 11 is 0. The maximum atomic E-state index is 5.87. The van der Waals surface area contributed by atoms with Crippen LogP contribution >= 0.6 is 0 Å². The molecule has 0 spiro atoms. The smallest absolute Gasteiger partial charge is 0.218 e. The molecule has 0 aromatic carbocycles. The van der Waals surface area contributed by atoms with Crippen LogP contribution in [0.15, 0.2) is 6.07 Å². The number of piperazine rings is 1. The zero-order chi connectivity index (χ0) is 12.4. The molecule has 0 atom stereocenters. The predicted molar refractivity (Wildman–Crippen MR) is 70.1 cm³/mol.